The van der Waals surface area contributed by atoms with Gasteiger partial charge in [-0.2, -0.15) is 5.26 Å². The lowest BCUT2D eigenvalue weighted by molar-refractivity contribution is -0.154. The summed E-state index contributed by atoms with van der Waals surface area (Å²) < 4.78 is 10.4. The van der Waals surface area contributed by atoms with Crippen LogP contribution in [-0.2, 0) is 14.3 Å². The summed E-state index contributed by atoms with van der Waals surface area (Å²) in [5, 5.41) is 8.76. The van der Waals surface area contributed by atoms with Gasteiger partial charge in [-0.1, -0.05) is 20.8 Å². The van der Waals surface area contributed by atoms with Gasteiger partial charge in [0.1, 0.15) is 5.75 Å². The molecule has 1 aromatic carbocycles. The van der Waals surface area contributed by atoms with Crippen molar-refractivity contribution in [2.75, 3.05) is 19.8 Å². The van der Waals surface area contributed by atoms with Gasteiger partial charge in [0.2, 0.25) is 0 Å². The van der Waals surface area contributed by atoms with Gasteiger partial charge in [-0.15, -0.1) is 0 Å². The number of nitrogens with zero attached hydrogens (tertiary/aromatic N) is 2. The molecule has 2 bridgehead atoms. The lowest BCUT2D eigenvalue weighted by Crippen LogP contribution is -2.40. The fourth-order valence-corrected chi connectivity index (χ4v) is 4.79. The molecule has 2 atom stereocenters. The van der Waals surface area contributed by atoms with Gasteiger partial charge in [0.05, 0.1) is 11.6 Å². The summed E-state index contributed by atoms with van der Waals surface area (Å²) in [6, 6.07) is 8.70. The van der Waals surface area contributed by atoms with Crippen molar-refractivity contribution in [3.05, 3.63) is 29.8 Å². The van der Waals surface area contributed by atoms with E-state index >= 15 is 0 Å². The molecule has 1 saturated carbocycles. The maximum atomic E-state index is 12.6. The van der Waals surface area contributed by atoms with Gasteiger partial charge in [0.25, 0.3) is 5.91 Å². The highest BCUT2D eigenvalue weighted by Crippen LogP contribution is 2.52. The number of fused-ring (bicyclic) bond motifs is 2. The van der Waals surface area contributed by atoms with Crippen molar-refractivity contribution in [3.8, 4) is 11.8 Å². The van der Waals surface area contributed by atoms with Crippen molar-refractivity contribution < 1.29 is 19.1 Å². The van der Waals surface area contributed by atoms with E-state index in [9.17, 15) is 9.59 Å². The Kier molecular flexibility index (Phi) is 5.14. The molecule has 1 aliphatic carbocycles. The highest BCUT2D eigenvalue weighted by Gasteiger charge is 2.50. The molecule has 0 N–H and O–H groups in total. The zero-order chi connectivity index (χ0) is 19.7. The normalized spacial score (nSPS) is 25.6. The molecule has 2 fully saturated rings. The van der Waals surface area contributed by atoms with Crippen LogP contribution in [0.4, 0.5) is 0 Å². The van der Waals surface area contributed by atoms with E-state index in [0.29, 0.717) is 11.3 Å². The minimum absolute atomic E-state index is 0.131. The third kappa shape index (κ3) is 4.60. The van der Waals surface area contributed by atoms with Gasteiger partial charge >= 0.3 is 5.97 Å². The number of carbonyl (C=O) groups is 2. The minimum atomic E-state index is -0.582. The molecule has 2 unspecified atom stereocenters. The summed E-state index contributed by atoms with van der Waals surface area (Å²) in [5.41, 5.74) is 0.909. The Morgan fingerprint density at radius 3 is 2.56 bits per heavy atom. The summed E-state index contributed by atoms with van der Waals surface area (Å²) in [6.07, 6.45) is 3.13. The number of rotatable bonds is 5. The Morgan fingerprint density at radius 2 is 1.89 bits per heavy atom. The average Bonchev–Trinajstić information content (AvgIpc) is 2.87. The summed E-state index contributed by atoms with van der Waals surface area (Å²) in [6.45, 7) is 6.97. The quantitative estimate of drug-likeness (QED) is 0.745. The van der Waals surface area contributed by atoms with Crippen LogP contribution in [0.2, 0.25) is 0 Å². The largest absolute Gasteiger partial charge is 0.482 e. The van der Waals surface area contributed by atoms with E-state index in [4.69, 9.17) is 14.7 Å². The molecule has 3 rings (SSSR count). The molecule has 2 aliphatic rings. The molecule has 6 nitrogen and oxygen atoms in total. The zero-order valence-electron chi connectivity index (χ0n) is 16.2. The van der Waals surface area contributed by atoms with Gasteiger partial charge in [0, 0.05) is 12.6 Å². The molecular weight excluding hydrogens is 344 g/mol. The van der Waals surface area contributed by atoms with Crippen LogP contribution in [0.1, 0.15) is 45.6 Å². The third-order valence-electron chi connectivity index (χ3n) is 5.43. The number of nitriles is 1. The molecule has 1 amide bonds. The first-order valence-electron chi connectivity index (χ1n) is 9.28. The van der Waals surface area contributed by atoms with E-state index in [2.05, 4.69) is 20.8 Å². The summed E-state index contributed by atoms with van der Waals surface area (Å²) in [4.78, 5) is 26.3. The first-order chi connectivity index (χ1) is 12.7. The monoisotopic (exact) mass is 370 g/mol. The Bertz CT molecular complexity index is 765. The Morgan fingerprint density at radius 1 is 1.19 bits per heavy atom. The molecule has 1 aliphatic heterocycles. The predicted octanol–water partition coefficient (Wildman–Crippen LogP) is 2.91. The lowest BCUT2D eigenvalue weighted by atomic mass is 9.65. The van der Waals surface area contributed by atoms with Crippen LogP contribution in [0, 0.1) is 22.2 Å². The summed E-state index contributed by atoms with van der Waals surface area (Å²) in [7, 11) is 0. The van der Waals surface area contributed by atoms with Gasteiger partial charge in [-0.3, -0.25) is 4.79 Å². The predicted molar refractivity (Wildman–Crippen MR) is 98.9 cm³/mol. The van der Waals surface area contributed by atoms with Gasteiger partial charge < -0.3 is 14.4 Å². The van der Waals surface area contributed by atoms with Crippen LogP contribution in [0.3, 0.4) is 0 Å². The Balaban J connectivity index is 1.46. The maximum absolute atomic E-state index is 12.6. The first-order valence-corrected chi connectivity index (χ1v) is 9.28. The second-order valence-electron chi connectivity index (χ2n) is 8.82. The average molecular weight is 370 g/mol. The SMILES string of the molecule is CC1(C)CC2CC(C)(CN2C(=O)COC(=O)COc2ccc(C#N)cc2)C1. The second-order valence-corrected chi connectivity index (χ2v) is 8.82. The number of ether oxygens (including phenoxy) is 2. The first kappa shape index (κ1) is 19.2. The molecule has 0 spiro atoms. The fraction of sp³-hybridized carbons (Fsp3) is 0.571. The fourth-order valence-electron chi connectivity index (χ4n) is 4.79. The van der Waals surface area contributed by atoms with E-state index in [1.807, 2.05) is 11.0 Å². The van der Waals surface area contributed by atoms with Crippen molar-refractivity contribution in [2.45, 2.75) is 46.1 Å². The Labute approximate surface area is 160 Å². The Hall–Kier alpha value is -2.55. The van der Waals surface area contributed by atoms with E-state index in [0.717, 1.165) is 25.8 Å². The van der Waals surface area contributed by atoms with Crippen LogP contribution < -0.4 is 4.74 Å². The van der Waals surface area contributed by atoms with Crippen molar-refractivity contribution in [3.63, 3.8) is 0 Å². The molecule has 27 heavy (non-hydrogen) atoms. The van der Waals surface area contributed by atoms with Crippen LogP contribution in [0.15, 0.2) is 24.3 Å². The number of benzene rings is 1. The third-order valence-corrected chi connectivity index (χ3v) is 5.43. The van der Waals surface area contributed by atoms with Crippen LogP contribution >= 0.6 is 0 Å². The number of hydrogen-bond acceptors (Lipinski definition) is 5. The van der Waals surface area contributed by atoms with Crippen molar-refractivity contribution >= 4 is 11.9 Å². The molecule has 1 heterocycles. The van der Waals surface area contributed by atoms with E-state index in [1.54, 1.807) is 24.3 Å². The van der Waals surface area contributed by atoms with Crippen LogP contribution in [0.25, 0.3) is 0 Å². The summed E-state index contributed by atoms with van der Waals surface area (Å²) in [5.74, 6) is -0.240. The maximum Gasteiger partial charge on any atom is 0.344 e. The van der Waals surface area contributed by atoms with E-state index in [-0.39, 0.29) is 36.0 Å². The molecular formula is C21H26N2O4. The van der Waals surface area contributed by atoms with Crippen molar-refractivity contribution in [2.24, 2.45) is 10.8 Å². The zero-order valence-corrected chi connectivity index (χ0v) is 16.2. The smallest absolute Gasteiger partial charge is 0.344 e. The number of carbonyl (C=O) groups excluding carboxylic acids is 2. The molecule has 144 valence electrons. The van der Waals surface area contributed by atoms with Gasteiger partial charge in [-0.25, -0.2) is 4.79 Å². The van der Waals surface area contributed by atoms with E-state index < -0.39 is 5.97 Å². The number of amides is 1. The van der Waals surface area contributed by atoms with Gasteiger partial charge in [0.15, 0.2) is 13.2 Å². The molecule has 6 heteroatoms. The molecule has 1 saturated heterocycles. The molecule has 0 aromatic heterocycles. The van der Waals surface area contributed by atoms with Gasteiger partial charge in [-0.05, 0) is 54.4 Å². The second kappa shape index (κ2) is 7.22. The number of likely N-dealkylation sites (tertiary alicyclic amines) is 1. The minimum Gasteiger partial charge on any atom is -0.482 e. The highest BCUT2D eigenvalue weighted by molar-refractivity contribution is 5.81. The molecule has 0 radical (unpaired) electrons. The molecule has 1 aromatic rings. The van der Waals surface area contributed by atoms with Crippen LogP contribution in [-0.4, -0.2) is 42.6 Å². The van der Waals surface area contributed by atoms with Crippen LogP contribution in [0.5, 0.6) is 5.75 Å². The number of hydrogen-bond donors (Lipinski definition) is 0. The van der Waals surface area contributed by atoms with Crippen molar-refractivity contribution in [1.82, 2.24) is 4.90 Å². The lowest BCUT2D eigenvalue weighted by Gasteiger charge is -2.39. The topological polar surface area (TPSA) is 79.6 Å². The number of esters is 1. The summed E-state index contributed by atoms with van der Waals surface area (Å²) >= 11 is 0. The standard InChI is InChI=1S/C21H26N2O4/c1-20(2)8-16-9-21(3,13-20)14-23(16)18(24)11-27-19(25)12-26-17-6-4-15(10-22)5-7-17/h4-7,16H,8-9,11-14H2,1-3H3. The van der Waals surface area contributed by atoms with E-state index in [1.165, 1.54) is 0 Å². The van der Waals surface area contributed by atoms with Crippen molar-refractivity contribution in [1.29, 1.82) is 5.26 Å². The highest BCUT2D eigenvalue weighted by atomic mass is 16.6.